The second-order valence-corrected chi connectivity index (χ2v) is 9.42. The first-order valence-electron chi connectivity index (χ1n) is 11.8. The molecule has 2 unspecified atom stereocenters. The molecule has 35 heavy (non-hydrogen) atoms. The third kappa shape index (κ3) is 4.15. The maximum absolute atomic E-state index is 5.89. The van der Waals surface area contributed by atoms with Crippen molar-refractivity contribution in [3.8, 4) is 22.9 Å². The highest BCUT2D eigenvalue weighted by molar-refractivity contribution is 7.80. The van der Waals surface area contributed by atoms with Gasteiger partial charge >= 0.3 is 0 Å². The minimum Gasteiger partial charge on any atom is -0.454 e. The Hall–Kier alpha value is -3.43. The number of rotatable bonds is 5. The Kier molecular flexibility index (Phi) is 5.66. The van der Waals surface area contributed by atoms with Crippen molar-refractivity contribution >= 4 is 22.9 Å². The molecule has 6 rings (SSSR count). The molecule has 0 aliphatic carbocycles. The molecule has 1 saturated heterocycles. The summed E-state index contributed by atoms with van der Waals surface area (Å²) in [6, 6.07) is 13.8. The number of hydrogen-bond acceptors (Lipinski definition) is 7. The minimum atomic E-state index is -0.214. The molecule has 2 atom stereocenters. The molecule has 0 spiro atoms. The van der Waals surface area contributed by atoms with Crippen LogP contribution in [-0.2, 0) is 4.74 Å². The molecule has 0 amide bonds. The number of aryl methyl sites for hydroxylation is 1. The van der Waals surface area contributed by atoms with E-state index >= 15 is 0 Å². The van der Waals surface area contributed by atoms with Crippen LogP contribution in [0.2, 0.25) is 0 Å². The van der Waals surface area contributed by atoms with E-state index in [0.29, 0.717) is 34.9 Å². The summed E-state index contributed by atoms with van der Waals surface area (Å²) < 4.78 is 22.7. The first-order valence-corrected chi connectivity index (χ1v) is 12.2. The number of aromatic nitrogens is 2. The van der Waals surface area contributed by atoms with E-state index in [9.17, 15) is 0 Å². The van der Waals surface area contributed by atoms with Crippen molar-refractivity contribution in [3.63, 3.8) is 0 Å². The van der Waals surface area contributed by atoms with Crippen molar-refractivity contribution in [1.82, 2.24) is 20.4 Å². The highest BCUT2D eigenvalue weighted by Gasteiger charge is 2.35. The van der Waals surface area contributed by atoms with Crippen molar-refractivity contribution in [3.05, 3.63) is 65.2 Å². The van der Waals surface area contributed by atoms with Gasteiger partial charge in [0.25, 0.3) is 5.89 Å². The first-order chi connectivity index (χ1) is 17.1. The summed E-state index contributed by atoms with van der Waals surface area (Å²) in [4.78, 5) is 6.88. The number of benzene rings is 2. The molecule has 180 valence electrons. The normalized spacial score (nSPS) is 21.5. The Labute approximate surface area is 208 Å². The smallest absolute Gasteiger partial charge is 0.258 e. The number of allylic oxidation sites excluding steroid dienone is 1. The van der Waals surface area contributed by atoms with Gasteiger partial charge in [-0.05, 0) is 62.7 Å². The third-order valence-electron chi connectivity index (χ3n) is 6.70. The van der Waals surface area contributed by atoms with Crippen LogP contribution < -0.4 is 14.8 Å². The molecular formula is C26H26N4O4S. The predicted octanol–water partition coefficient (Wildman–Crippen LogP) is 4.62. The summed E-state index contributed by atoms with van der Waals surface area (Å²) in [5, 5.41) is 8.48. The molecule has 1 fully saturated rings. The van der Waals surface area contributed by atoms with Crippen molar-refractivity contribution in [2.75, 3.05) is 19.9 Å². The zero-order valence-corrected chi connectivity index (χ0v) is 20.4. The van der Waals surface area contributed by atoms with E-state index in [0.717, 1.165) is 41.8 Å². The lowest BCUT2D eigenvalue weighted by atomic mass is 9.94. The van der Waals surface area contributed by atoms with Gasteiger partial charge in [0.1, 0.15) is 0 Å². The zero-order chi connectivity index (χ0) is 23.9. The van der Waals surface area contributed by atoms with E-state index in [-0.39, 0.29) is 18.9 Å². The average molecular weight is 491 g/mol. The Morgan fingerprint density at radius 3 is 2.71 bits per heavy atom. The van der Waals surface area contributed by atoms with E-state index in [2.05, 4.69) is 53.5 Å². The predicted molar refractivity (Wildman–Crippen MR) is 134 cm³/mol. The van der Waals surface area contributed by atoms with Crippen LogP contribution in [0.25, 0.3) is 17.0 Å². The molecule has 1 N–H and O–H groups in total. The van der Waals surface area contributed by atoms with Crippen LogP contribution >= 0.6 is 12.2 Å². The number of fused-ring (bicyclic) bond motifs is 1. The monoisotopic (exact) mass is 490 g/mol. The second kappa shape index (κ2) is 8.98. The largest absolute Gasteiger partial charge is 0.454 e. The van der Waals surface area contributed by atoms with E-state index in [1.807, 2.05) is 18.2 Å². The second-order valence-electron chi connectivity index (χ2n) is 9.03. The van der Waals surface area contributed by atoms with Crippen LogP contribution in [-0.4, -0.2) is 46.2 Å². The molecule has 1 aromatic heterocycles. The minimum absolute atomic E-state index is 0.147. The Morgan fingerprint density at radius 1 is 1.09 bits per heavy atom. The SMILES string of the molecule is CC1=C(c2nc(-c3ccc4c(c3)OCO4)no2)C(c2ccc(C)cc2)NC(=S)N1CC1CCCO1. The summed E-state index contributed by atoms with van der Waals surface area (Å²) in [5.74, 6) is 2.33. The topological polar surface area (TPSA) is 81.9 Å². The van der Waals surface area contributed by atoms with Crippen LogP contribution in [0.4, 0.5) is 0 Å². The van der Waals surface area contributed by atoms with E-state index < -0.39 is 0 Å². The maximum Gasteiger partial charge on any atom is 0.258 e. The number of thiocarbonyl (C=S) groups is 1. The van der Waals surface area contributed by atoms with Crippen LogP contribution in [0, 0.1) is 6.92 Å². The van der Waals surface area contributed by atoms with Crippen molar-refractivity contribution in [2.45, 2.75) is 38.8 Å². The maximum atomic E-state index is 5.89. The fraction of sp³-hybridized carbons (Fsp3) is 0.346. The molecule has 9 heteroatoms. The summed E-state index contributed by atoms with van der Waals surface area (Å²) in [7, 11) is 0. The van der Waals surface area contributed by atoms with Crippen molar-refractivity contribution < 1.29 is 18.7 Å². The van der Waals surface area contributed by atoms with Gasteiger partial charge in [0.05, 0.1) is 24.3 Å². The molecule has 3 aliphatic heterocycles. The third-order valence-corrected chi connectivity index (χ3v) is 7.04. The number of nitrogens with zero attached hydrogens (tertiary/aromatic N) is 3. The van der Waals surface area contributed by atoms with Crippen LogP contribution in [0.15, 0.2) is 52.7 Å². The highest BCUT2D eigenvalue weighted by atomic mass is 32.1. The standard InChI is InChI=1S/C26H26N4O4S/c1-15-5-7-17(8-6-15)23-22(16(2)30(26(35)27-23)13-19-4-3-11-31-19)25-28-24(29-34-25)18-9-10-20-21(12-18)33-14-32-20/h5-10,12,19,23H,3-4,11,13-14H2,1-2H3,(H,27,35). The highest BCUT2D eigenvalue weighted by Crippen LogP contribution is 2.39. The summed E-state index contributed by atoms with van der Waals surface area (Å²) in [6.45, 7) is 5.83. The number of ether oxygens (including phenoxy) is 3. The van der Waals surface area contributed by atoms with Gasteiger partial charge in [-0.2, -0.15) is 4.98 Å². The van der Waals surface area contributed by atoms with Gasteiger partial charge in [-0.1, -0.05) is 35.0 Å². The lowest BCUT2D eigenvalue weighted by Gasteiger charge is -2.38. The van der Waals surface area contributed by atoms with E-state index in [4.69, 9.17) is 35.9 Å². The van der Waals surface area contributed by atoms with Crippen molar-refractivity contribution in [1.29, 1.82) is 0 Å². The van der Waals surface area contributed by atoms with Gasteiger partial charge in [-0.25, -0.2) is 0 Å². The first kappa shape index (κ1) is 22.1. The zero-order valence-electron chi connectivity index (χ0n) is 19.6. The molecule has 2 aromatic carbocycles. The number of hydrogen-bond donors (Lipinski definition) is 1. The summed E-state index contributed by atoms with van der Waals surface area (Å²) in [6.07, 6.45) is 2.25. The van der Waals surface area contributed by atoms with Crippen LogP contribution in [0.5, 0.6) is 11.5 Å². The van der Waals surface area contributed by atoms with Gasteiger partial charge in [0.2, 0.25) is 12.6 Å². The van der Waals surface area contributed by atoms with Crippen LogP contribution in [0.3, 0.4) is 0 Å². The summed E-state index contributed by atoms with van der Waals surface area (Å²) >= 11 is 5.80. The summed E-state index contributed by atoms with van der Waals surface area (Å²) in [5.41, 5.74) is 4.95. The van der Waals surface area contributed by atoms with E-state index in [1.54, 1.807) is 0 Å². The fourth-order valence-electron chi connectivity index (χ4n) is 4.76. The molecule has 0 bridgehead atoms. The number of nitrogens with one attached hydrogen (secondary N) is 1. The Balaban J connectivity index is 1.40. The molecule has 4 heterocycles. The molecule has 3 aromatic rings. The fourth-order valence-corrected chi connectivity index (χ4v) is 5.09. The van der Waals surface area contributed by atoms with Crippen LogP contribution in [0.1, 0.15) is 42.8 Å². The average Bonchev–Trinajstić information content (AvgIpc) is 3.63. The Bertz CT molecular complexity index is 1300. The molecular weight excluding hydrogens is 464 g/mol. The van der Waals surface area contributed by atoms with Gasteiger partial charge < -0.3 is 29.0 Å². The molecule has 0 radical (unpaired) electrons. The lowest BCUT2D eigenvalue weighted by Crippen LogP contribution is -2.48. The molecule has 0 saturated carbocycles. The Morgan fingerprint density at radius 2 is 1.91 bits per heavy atom. The lowest BCUT2D eigenvalue weighted by molar-refractivity contribution is 0.0962. The van der Waals surface area contributed by atoms with E-state index in [1.165, 1.54) is 5.56 Å². The van der Waals surface area contributed by atoms with Gasteiger partial charge in [-0.15, -0.1) is 0 Å². The van der Waals surface area contributed by atoms with Gasteiger partial charge in [0, 0.05) is 17.9 Å². The molecule has 3 aliphatic rings. The molecule has 8 nitrogen and oxygen atoms in total. The quantitative estimate of drug-likeness (QED) is 0.515. The van der Waals surface area contributed by atoms with Gasteiger partial charge in [0.15, 0.2) is 16.6 Å². The van der Waals surface area contributed by atoms with Crippen molar-refractivity contribution in [2.24, 2.45) is 0 Å². The van der Waals surface area contributed by atoms with Gasteiger partial charge in [-0.3, -0.25) is 0 Å².